The van der Waals surface area contributed by atoms with E-state index in [9.17, 15) is 9.90 Å². The molecule has 0 radical (unpaired) electrons. The zero-order valence-corrected chi connectivity index (χ0v) is 12.2. The fraction of sp³-hybridized carbons (Fsp3) is 0.824. The fourth-order valence-electron chi connectivity index (χ4n) is 5.31. The van der Waals surface area contributed by atoms with Crippen LogP contribution in [0.4, 0.5) is 0 Å². The number of ketones is 1. The molecular weight excluding hydrogens is 236 g/mol. The van der Waals surface area contributed by atoms with Gasteiger partial charge >= 0.3 is 0 Å². The SMILES string of the molecule is C[C@]1(CO)CCC[C@]2(C)C3=CC(=O)CC[C@@H]3CC[C@H]12. The zero-order chi connectivity index (χ0) is 13.7. The number of carbonyl (C=O) groups is 1. The normalized spacial score (nSPS) is 46.3. The van der Waals surface area contributed by atoms with E-state index < -0.39 is 0 Å². The first-order chi connectivity index (χ1) is 8.99. The second-order valence-electron chi connectivity index (χ2n) is 7.51. The standard InChI is InChI=1S/C17H26O2/c1-16(11-18)8-3-9-17(2)14-10-13(19)6-4-12(14)5-7-15(16)17/h10,12,15,18H,3-9,11H2,1-2H3/t12-,15-,16-,17-/m1/s1. The van der Waals surface area contributed by atoms with Crippen molar-refractivity contribution in [3.05, 3.63) is 11.6 Å². The minimum Gasteiger partial charge on any atom is -0.396 e. The first kappa shape index (κ1) is 13.4. The van der Waals surface area contributed by atoms with Crippen molar-refractivity contribution in [1.29, 1.82) is 0 Å². The quantitative estimate of drug-likeness (QED) is 0.785. The lowest BCUT2D eigenvalue weighted by molar-refractivity contribution is -0.116. The van der Waals surface area contributed by atoms with Crippen molar-refractivity contribution in [2.45, 2.75) is 58.8 Å². The van der Waals surface area contributed by atoms with Gasteiger partial charge in [-0.1, -0.05) is 25.8 Å². The highest BCUT2D eigenvalue weighted by Crippen LogP contribution is 2.62. The molecule has 2 heteroatoms. The Hall–Kier alpha value is -0.630. The topological polar surface area (TPSA) is 37.3 Å². The molecule has 0 amide bonds. The second-order valence-corrected chi connectivity index (χ2v) is 7.51. The average molecular weight is 262 g/mol. The number of aliphatic hydroxyl groups is 1. The van der Waals surface area contributed by atoms with Gasteiger partial charge in [0.2, 0.25) is 0 Å². The monoisotopic (exact) mass is 262 g/mol. The van der Waals surface area contributed by atoms with Gasteiger partial charge in [0.05, 0.1) is 0 Å². The Labute approximate surface area is 116 Å². The first-order valence-electron chi connectivity index (χ1n) is 7.85. The number of hydrogen-bond donors (Lipinski definition) is 1. The van der Waals surface area contributed by atoms with E-state index in [1.807, 2.05) is 6.08 Å². The molecule has 3 aliphatic carbocycles. The van der Waals surface area contributed by atoms with Crippen molar-refractivity contribution < 1.29 is 9.90 Å². The van der Waals surface area contributed by atoms with Crippen molar-refractivity contribution in [2.75, 3.05) is 6.61 Å². The molecule has 1 N–H and O–H groups in total. The predicted molar refractivity (Wildman–Crippen MR) is 75.7 cm³/mol. The summed E-state index contributed by atoms with van der Waals surface area (Å²) < 4.78 is 0. The molecule has 0 spiro atoms. The van der Waals surface area contributed by atoms with Crippen molar-refractivity contribution in [3.63, 3.8) is 0 Å². The third kappa shape index (κ3) is 1.91. The van der Waals surface area contributed by atoms with E-state index in [4.69, 9.17) is 0 Å². The van der Waals surface area contributed by atoms with Crippen LogP contribution < -0.4 is 0 Å². The van der Waals surface area contributed by atoms with E-state index in [0.717, 1.165) is 19.3 Å². The summed E-state index contributed by atoms with van der Waals surface area (Å²) in [6, 6.07) is 0. The zero-order valence-electron chi connectivity index (χ0n) is 12.2. The van der Waals surface area contributed by atoms with Gasteiger partial charge in [-0.3, -0.25) is 4.79 Å². The molecule has 2 nitrogen and oxygen atoms in total. The number of fused-ring (bicyclic) bond motifs is 3. The summed E-state index contributed by atoms with van der Waals surface area (Å²) in [5.41, 5.74) is 1.65. The minimum absolute atomic E-state index is 0.0549. The van der Waals surface area contributed by atoms with Gasteiger partial charge in [0, 0.05) is 13.0 Å². The molecule has 0 aromatic rings. The molecule has 3 rings (SSSR count). The van der Waals surface area contributed by atoms with Gasteiger partial charge in [-0.25, -0.2) is 0 Å². The molecule has 19 heavy (non-hydrogen) atoms. The van der Waals surface area contributed by atoms with Gasteiger partial charge in [0.15, 0.2) is 5.78 Å². The lowest BCUT2D eigenvalue weighted by atomic mass is 9.47. The third-order valence-electron chi connectivity index (χ3n) is 6.37. The Bertz CT molecular complexity index is 425. The van der Waals surface area contributed by atoms with Gasteiger partial charge in [0.25, 0.3) is 0 Å². The largest absolute Gasteiger partial charge is 0.396 e. The van der Waals surface area contributed by atoms with E-state index in [2.05, 4.69) is 13.8 Å². The summed E-state index contributed by atoms with van der Waals surface area (Å²) in [7, 11) is 0. The van der Waals surface area contributed by atoms with Crippen LogP contribution in [0, 0.1) is 22.7 Å². The predicted octanol–water partition coefficient (Wildman–Crippen LogP) is 3.49. The highest BCUT2D eigenvalue weighted by molar-refractivity contribution is 5.91. The van der Waals surface area contributed by atoms with E-state index in [0.29, 0.717) is 24.2 Å². The maximum atomic E-state index is 11.8. The van der Waals surface area contributed by atoms with Crippen molar-refractivity contribution in [3.8, 4) is 0 Å². The molecule has 0 unspecified atom stereocenters. The summed E-state index contributed by atoms with van der Waals surface area (Å²) in [5.74, 6) is 1.51. The van der Waals surface area contributed by atoms with E-state index in [-0.39, 0.29) is 10.8 Å². The van der Waals surface area contributed by atoms with Gasteiger partial charge in [-0.15, -0.1) is 0 Å². The maximum absolute atomic E-state index is 11.8. The second kappa shape index (κ2) is 4.44. The molecule has 0 heterocycles. The summed E-state index contributed by atoms with van der Waals surface area (Å²) in [6.45, 7) is 4.90. The molecular formula is C17H26O2. The summed E-state index contributed by atoms with van der Waals surface area (Å²) in [4.78, 5) is 11.8. The lowest BCUT2D eigenvalue weighted by Gasteiger charge is -2.57. The number of rotatable bonds is 1. The Morgan fingerprint density at radius 1 is 1.26 bits per heavy atom. The highest BCUT2D eigenvalue weighted by Gasteiger charge is 2.53. The summed E-state index contributed by atoms with van der Waals surface area (Å²) in [5, 5.41) is 9.87. The maximum Gasteiger partial charge on any atom is 0.155 e. The fourth-order valence-corrected chi connectivity index (χ4v) is 5.31. The molecule has 0 aliphatic heterocycles. The average Bonchev–Trinajstić information content (AvgIpc) is 2.39. The molecule has 106 valence electrons. The van der Waals surface area contributed by atoms with Crippen LogP contribution in [0.1, 0.15) is 58.8 Å². The minimum atomic E-state index is 0.0549. The Kier molecular flexibility index (Phi) is 3.12. The van der Waals surface area contributed by atoms with Crippen LogP contribution in [0.5, 0.6) is 0 Å². The molecule has 3 aliphatic rings. The summed E-state index contributed by atoms with van der Waals surface area (Å²) in [6.07, 6.45) is 9.73. The van der Waals surface area contributed by atoms with Crippen LogP contribution in [0.15, 0.2) is 11.6 Å². The molecule has 0 aromatic carbocycles. The van der Waals surface area contributed by atoms with Crippen LogP contribution in [-0.4, -0.2) is 17.5 Å². The van der Waals surface area contributed by atoms with Crippen LogP contribution in [0.3, 0.4) is 0 Å². The van der Waals surface area contributed by atoms with Gasteiger partial charge in [0.1, 0.15) is 0 Å². The van der Waals surface area contributed by atoms with Crippen LogP contribution in [0.25, 0.3) is 0 Å². The number of hydrogen-bond acceptors (Lipinski definition) is 2. The lowest BCUT2D eigenvalue weighted by Crippen LogP contribution is -2.50. The first-order valence-corrected chi connectivity index (χ1v) is 7.85. The Morgan fingerprint density at radius 2 is 2.05 bits per heavy atom. The van der Waals surface area contributed by atoms with Gasteiger partial charge < -0.3 is 5.11 Å². The molecule has 2 fully saturated rings. The van der Waals surface area contributed by atoms with E-state index >= 15 is 0 Å². The van der Waals surface area contributed by atoms with Crippen LogP contribution in [0.2, 0.25) is 0 Å². The number of aliphatic hydroxyl groups excluding tert-OH is 1. The van der Waals surface area contributed by atoms with Gasteiger partial charge in [-0.05, 0) is 60.8 Å². The molecule has 2 saturated carbocycles. The van der Waals surface area contributed by atoms with Crippen LogP contribution in [-0.2, 0) is 4.79 Å². The highest BCUT2D eigenvalue weighted by atomic mass is 16.3. The molecule has 0 saturated heterocycles. The van der Waals surface area contributed by atoms with Crippen LogP contribution >= 0.6 is 0 Å². The van der Waals surface area contributed by atoms with Crippen molar-refractivity contribution >= 4 is 5.78 Å². The third-order valence-corrected chi connectivity index (χ3v) is 6.37. The van der Waals surface area contributed by atoms with Gasteiger partial charge in [-0.2, -0.15) is 0 Å². The molecule has 4 atom stereocenters. The number of allylic oxidation sites excluding steroid dienone is 2. The van der Waals surface area contributed by atoms with E-state index in [1.165, 1.54) is 31.3 Å². The molecule has 0 aromatic heterocycles. The number of carbonyl (C=O) groups excluding carboxylic acids is 1. The van der Waals surface area contributed by atoms with Crippen molar-refractivity contribution in [2.24, 2.45) is 22.7 Å². The summed E-state index contributed by atoms with van der Waals surface area (Å²) >= 11 is 0. The Balaban J connectivity index is 2.02. The Morgan fingerprint density at radius 3 is 2.79 bits per heavy atom. The van der Waals surface area contributed by atoms with E-state index in [1.54, 1.807) is 0 Å². The smallest absolute Gasteiger partial charge is 0.155 e. The van der Waals surface area contributed by atoms with Crippen molar-refractivity contribution in [1.82, 2.24) is 0 Å². The molecule has 0 bridgehead atoms.